The van der Waals surface area contributed by atoms with Crippen molar-refractivity contribution in [1.82, 2.24) is 0 Å². The minimum absolute atomic E-state index is 0.223. The summed E-state index contributed by atoms with van der Waals surface area (Å²) in [7, 11) is 0. The first kappa shape index (κ1) is 9.70. The van der Waals surface area contributed by atoms with Gasteiger partial charge in [0.15, 0.2) is 6.10 Å². The molecule has 0 aliphatic heterocycles. The zero-order chi connectivity index (χ0) is 9.84. The number of nitrogens with two attached hydrogens (primary N) is 1. The second-order valence-electron chi connectivity index (χ2n) is 2.64. The smallest absolute Gasteiger partial charge is 0.337 e. The first-order chi connectivity index (χ1) is 6.16. The molecule has 0 unspecified atom stereocenters. The lowest BCUT2D eigenvalue weighted by Gasteiger charge is -2.09. The van der Waals surface area contributed by atoms with Crippen molar-refractivity contribution in [3.05, 3.63) is 35.4 Å². The molecule has 1 aromatic rings. The van der Waals surface area contributed by atoms with E-state index in [1.165, 1.54) is 0 Å². The molecule has 4 heteroatoms. The van der Waals surface area contributed by atoms with Crippen LogP contribution < -0.4 is 5.73 Å². The van der Waals surface area contributed by atoms with Crippen LogP contribution in [0.5, 0.6) is 0 Å². The molecular formula is C9H11NO3. The molecule has 0 aromatic heterocycles. The number of carboxylic acid groups (broad SMARTS) is 1. The van der Waals surface area contributed by atoms with Gasteiger partial charge in [0.25, 0.3) is 0 Å². The van der Waals surface area contributed by atoms with Gasteiger partial charge in [-0.3, -0.25) is 0 Å². The number of benzene rings is 1. The molecule has 13 heavy (non-hydrogen) atoms. The molecule has 0 saturated heterocycles. The second kappa shape index (κ2) is 4.02. The minimum atomic E-state index is -1.49. The molecule has 1 atom stereocenters. The van der Waals surface area contributed by atoms with Crippen molar-refractivity contribution in [2.24, 2.45) is 5.73 Å². The van der Waals surface area contributed by atoms with Crippen LogP contribution >= 0.6 is 0 Å². The van der Waals surface area contributed by atoms with E-state index in [9.17, 15) is 9.90 Å². The van der Waals surface area contributed by atoms with Crippen LogP contribution in [0, 0.1) is 0 Å². The van der Waals surface area contributed by atoms with Gasteiger partial charge in [0.05, 0.1) is 0 Å². The summed E-state index contributed by atoms with van der Waals surface area (Å²) in [6.07, 6.45) is -1.49. The lowest BCUT2D eigenvalue weighted by atomic mass is 10.0. The molecule has 0 aliphatic carbocycles. The van der Waals surface area contributed by atoms with Crippen LogP contribution in [-0.2, 0) is 11.3 Å². The molecule has 0 spiro atoms. The highest BCUT2D eigenvalue weighted by atomic mass is 16.4. The SMILES string of the molecule is NCc1ccccc1[C@@H](O)C(=O)O. The van der Waals surface area contributed by atoms with Gasteiger partial charge in [0.1, 0.15) is 0 Å². The molecule has 1 rings (SSSR count). The third-order valence-electron chi connectivity index (χ3n) is 1.80. The van der Waals surface area contributed by atoms with Crippen LogP contribution in [0.4, 0.5) is 0 Å². The standard InChI is InChI=1S/C9H11NO3/c10-5-6-3-1-2-4-7(6)8(11)9(12)13/h1-4,8,11H,5,10H2,(H,12,13)/t8-/m1/s1. The maximum atomic E-state index is 10.5. The largest absolute Gasteiger partial charge is 0.479 e. The van der Waals surface area contributed by atoms with Gasteiger partial charge in [-0.2, -0.15) is 0 Å². The van der Waals surface area contributed by atoms with Crippen molar-refractivity contribution in [1.29, 1.82) is 0 Å². The zero-order valence-corrected chi connectivity index (χ0v) is 6.97. The van der Waals surface area contributed by atoms with Crippen molar-refractivity contribution in [3.8, 4) is 0 Å². The van der Waals surface area contributed by atoms with E-state index < -0.39 is 12.1 Å². The molecule has 0 amide bonds. The Bertz CT molecular complexity index is 311. The minimum Gasteiger partial charge on any atom is -0.479 e. The number of hydrogen-bond acceptors (Lipinski definition) is 3. The fourth-order valence-electron chi connectivity index (χ4n) is 1.12. The molecule has 0 fully saturated rings. The van der Waals surface area contributed by atoms with Crippen LogP contribution in [0.2, 0.25) is 0 Å². The Morgan fingerprint density at radius 2 is 2.08 bits per heavy atom. The Morgan fingerprint density at radius 1 is 1.46 bits per heavy atom. The number of aliphatic carboxylic acids is 1. The Balaban J connectivity index is 3.05. The number of rotatable bonds is 3. The van der Waals surface area contributed by atoms with E-state index >= 15 is 0 Å². The van der Waals surface area contributed by atoms with Gasteiger partial charge in [-0.15, -0.1) is 0 Å². The summed E-state index contributed by atoms with van der Waals surface area (Å²) in [6, 6.07) is 6.67. The summed E-state index contributed by atoms with van der Waals surface area (Å²) in [5.74, 6) is -1.26. The predicted octanol–water partition coefficient (Wildman–Crippen LogP) is 0.263. The summed E-state index contributed by atoms with van der Waals surface area (Å²) in [5.41, 5.74) is 6.39. The fraction of sp³-hybridized carbons (Fsp3) is 0.222. The lowest BCUT2D eigenvalue weighted by Crippen LogP contribution is -2.14. The van der Waals surface area contributed by atoms with Gasteiger partial charge < -0.3 is 15.9 Å². The highest BCUT2D eigenvalue weighted by molar-refractivity contribution is 5.74. The van der Waals surface area contributed by atoms with Crippen molar-refractivity contribution < 1.29 is 15.0 Å². The Hall–Kier alpha value is -1.39. The second-order valence-corrected chi connectivity index (χ2v) is 2.64. The predicted molar refractivity (Wildman–Crippen MR) is 46.9 cm³/mol. The van der Waals surface area contributed by atoms with Crippen LogP contribution in [0.3, 0.4) is 0 Å². The van der Waals surface area contributed by atoms with Crippen LogP contribution in [0.1, 0.15) is 17.2 Å². The average molecular weight is 181 g/mol. The van der Waals surface area contributed by atoms with Crippen LogP contribution in [0.15, 0.2) is 24.3 Å². The average Bonchev–Trinajstić information content (AvgIpc) is 2.16. The molecule has 4 N–H and O–H groups in total. The Labute approximate surface area is 75.6 Å². The monoisotopic (exact) mass is 181 g/mol. The van der Waals surface area contributed by atoms with Crippen molar-refractivity contribution in [3.63, 3.8) is 0 Å². The van der Waals surface area contributed by atoms with E-state index in [2.05, 4.69) is 0 Å². The normalized spacial score (nSPS) is 12.5. The van der Waals surface area contributed by atoms with E-state index in [1.807, 2.05) is 0 Å². The van der Waals surface area contributed by atoms with Crippen LogP contribution in [-0.4, -0.2) is 16.2 Å². The van der Waals surface area contributed by atoms with E-state index in [1.54, 1.807) is 24.3 Å². The maximum absolute atomic E-state index is 10.5. The number of aliphatic hydroxyl groups excluding tert-OH is 1. The summed E-state index contributed by atoms with van der Waals surface area (Å²) in [6.45, 7) is 0.223. The number of aliphatic hydroxyl groups is 1. The Kier molecular flexibility index (Phi) is 3.00. The van der Waals surface area contributed by atoms with Crippen molar-refractivity contribution >= 4 is 5.97 Å². The topological polar surface area (TPSA) is 83.5 Å². The summed E-state index contributed by atoms with van der Waals surface area (Å²) in [4.78, 5) is 10.5. The number of hydrogen-bond donors (Lipinski definition) is 3. The summed E-state index contributed by atoms with van der Waals surface area (Å²) in [5, 5.41) is 17.8. The van der Waals surface area contributed by atoms with Gasteiger partial charge in [0, 0.05) is 6.54 Å². The fourth-order valence-corrected chi connectivity index (χ4v) is 1.12. The third-order valence-corrected chi connectivity index (χ3v) is 1.80. The van der Waals surface area contributed by atoms with Crippen molar-refractivity contribution in [2.75, 3.05) is 0 Å². The van der Waals surface area contributed by atoms with E-state index in [4.69, 9.17) is 10.8 Å². The highest BCUT2D eigenvalue weighted by Crippen LogP contribution is 2.17. The zero-order valence-electron chi connectivity index (χ0n) is 6.97. The molecule has 4 nitrogen and oxygen atoms in total. The Morgan fingerprint density at radius 3 is 2.62 bits per heavy atom. The molecule has 0 radical (unpaired) electrons. The molecule has 0 aliphatic rings. The van der Waals surface area contributed by atoms with Crippen LogP contribution in [0.25, 0.3) is 0 Å². The molecular weight excluding hydrogens is 170 g/mol. The quantitative estimate of drug-likeness (QED) is 0.624. The van der Waals surface area contributed by atoms with Gasteiger partial charge in [-0.25, -0.2) is 4.79 Å². The van der Waals surface area contributed by atoms with Gasteiger partial charge >= 0.3 is 5.97 Å². The molecule has 70 valence electrons. The first-order valence-electron chi connectivity index (χ1n) is 3.85. The van der Waals surface area contributed by atoms with Crippen molar-refractivity contribution in [2.45, 2.75) is 12.6 Å². The van der Waals surface area contributed by atoms with Gasteiger partial charge in [-0.1, -0.05) is 24.3 Å². The van der Waals surface area contributed by atoms with E-state index in [-0.39, 0.29) is 6.54 Å². The molecule has 0 bridgehead atoms. The third kappa shape index (κ3) is 2.05. The summed E-state index contributed by atoms with van der Waals surface area (Å²) >= 11 is 0. The van der Waals surface area contributed by atoms with E-state index in [0.717, 1.165) is 0 Å². The molecule has 0 saturated carbocycles. The van der Waals surface area contributed by atoms with E-state index in [0.29, 0.717) is 11.1 Å². The molecule has 1 aromatic carbocycles. The summed E-state index contributed by atoms with van der Waals surface area (Å²) < 4.78 is 0. The van der Waals surface area contributed by atoms with Gasteiger partial charge in [-0.05, 0) is 11.1 Å². The lowest BCUT2D eigenvalue weighted by molar-refractivity contribution is -0.147. The number of carbonyl (C=O) groups is 1. The highest BCUT2D eigenvalue weighted by Gasteiger charge is 2.17. The first-order valence-corrected chi connectivity index (χ1v) is 3.85. The number of carboxylic acids is 1. The maximum Gasteiger partial charge on any atom is 0.337 e. The van der Waals surface area contributed by atoms with Gasteiger partial charge in [0.2, 0.25) is 0 Å². The molecule has 0 heterocycles.